The van der Waals surface area contributed by atoms with Gasteiger partial charge in [0.2, 0.25) is 5.91 Å². The number of amidine groups is 1. The molecule has 1 aromatic heterocycles. The van der Waals surface area contributed by atoms with Crippen LogP contribution in [-0.2, 0) is 10.2 Å². The van der Waals surface area contributed by atoms with Gasteiger partial charge in [-0.05, 0) is 34.7 Å². The third-order valence-electron chi connectivity index (χ3n) is 6.36. The highest BCUT2D eigenvalue weighted by Gasteiger charge is 2.50. The van der Waals surface area contributed by atoms with Gasteiger partial charge in [0.25, 0.3) is 0 Å². The average Bonchev–Trinajstić information content (AvgIpc) is 3.29. The summed E-state index contributed by atoms with van der Waals surface area (Å²) < 4.78 is 0. The summed E-state index contributed by atoms with van der Waals surface area (Å²) in [6.45, 7) is 6.35. The number of nitriles is 1. The quantitative estimate of drug-likeness (QED) is 0.564. The van der Waals surface area contributed by atoms with Gasteiger partial charge in [0.1, 0.15) is 10.8 Å². The molecule has 0 spiro atoms. The molecule has 0 aliphatic carbocycles. The standard InChI is InChI=1S/C26H26N4OS/c1-16(2)18-8-10-19(11-9-18)23-24(31)30(4)22(28)13-26(23,3)25-29-15-21(32-25)20-7-5-6-17(12-20)14-27/h5-12,15-16,23,28H,13H2,1-4H3/t23?,26-/m0/s1. The summed E-state index contributed by atoms with van der Waals surface area (Å²) >= 11 is 1.53. The van der Waals surface area contributed by atoms with Crippen LogP contribution in [0, 0.1) is 16.7 Å². The van der Waals surface area contributed by atoms with Gasteiger partial charge in [-0.25, -0.2) is 4.98 Å². The molecule has 0 saturated carbocycles. The van der Waals surface area contributed by atoms with Crippen LogP contribution in [-0.4, -0.2) is 28.7 Å². The van der Waals surface area contributed by atoms with Crippen molar-refractivity contribution in [3.63, 3.8) is 0 Å². The molecule has 2 aromatic carbocycles. The lowest BCUT2D eigenvalue weighted by Crippen LogP contribution is -2.52. The van der Waals surface area contributed by atoms with E-state index in [9.17, 15) is 10.1 Å². The van der Waals surface area contributed by atoms with Crippen molar-refractivity contribution in [2.75, 3.05) is 7.05 Å². The van der Waals surface area contributed by atoms with Gasteiger partial charge < -0.3 is 4.90 Å². The molecule has 1 saturated heterocycles. The van der Waals surface area contributed by atoms with Gasteiger partial charge in [-0.15, -0.1) is 11.3 Å². The third kappa shape index (κ3) is 3.74. The lowest BCUT2D eigenvalue weighted by atomic mass is 9.68. The summed E-state index contributed by atoms with van der Waals surface area (Å²) in [6, 6.07) is 17.9. The van der Waals surface area contributed by atoms with E-state index in [1.165, 1.54) is 21.8 Å². The lowest BCUT2D eigenvalue weighted by molar-refractivity contribution is -0.131. The van der Waals surface area contributed by atoms with Gasteiger partial charge in [-0.3, -0.25) is 10.2 Å². The maximum Gasteiger partial charge on any atom is 0.236 e. The number of rotatable bonds is 4. The fourth-order valence-electron chi connectivity index (χ4n) is 4.36. The number of carbonyl (C=O) groups excluding carboxylic acids is 1. The number of thiazole rings is 1. The van der Waals surface area contributed by atoms with Crippen LogP contribution in [0.1, 0.15) is 60.7 Å². The van der Waals surface area contributed by atoms with Gasteiger partial charge in [-0.2, -0.15) is 5.26 Å². The van der Waals surface area contributed by atoms with Crippen LogP contribution in [0.15, 0.2) is 54.7 Å². The largest absolute Gasteiger partial charge is 0.303 e. The van der Waals surface area contributed by atoms with Gasteiger partial charge in [0, 0.05) is 25.1 Å². The second-order valence-electron chi connectivity index (χ2n) is 8.91. The number of hydrogen-bond acceptors (Lipinski definition) is 5. The zero-order valence-electron chi connectivity index (χ0n) is 18.7. The number of aromatic nitrogens is 1. The molecule has 1 aliphatic heterocycles. The number of carbonyl (C=O) groups is 1. The Kier molecular flexibility index (Phi) is 5.70. The molecule has 4 rings (SSSR count). The van der Waals surface area contributed by atoms with Gasteiger partial charge in [0.05, 0.1) is 22.4 Å². The maximum atomic E-state index is 13.4. The number of likely N-dealkylation sites (N-methyl/N-ethyl adjacent to an activating group) is 1. The molecule has 2 heterocycles. The molecule has 0 bridgehead atoms. The van der Waals surface area contributed by atoms with E-state index in [0.717, 1.165) is 21.0 Å². The molecule has 5 nitrogen and oxygen atoms in total. The molecule has 3 aromatic rings. The number of amides is 1. The number of likely N-dealkylation sites (tertiary alicyclic amines) is 1. The Labute approximate surface area is 192 Å². The zero-order chi connectivity index (χ0) is 23.0. The molecule has 0 radical (unpaired) electrons. The molecular formula is C26H26N4OS. The van der Waals surface area contributed by atoms with Crippen molar-refractivity contribution < 1.29 is 4.79 Å². The first-order valence-electron chi connectivity index (χ1n) is 10.7. The number of nitrogens with zero attached hydrogens (tertiary/aromatic N) is 3. The van der Waals surface area contributed by atoms with Crippen LogP contribution in [0.5, 0.6) is 0 Å². The summed E-state index contributed by atoms with van der Waals surface area (Å²) in [6.07, 6.45) is 2.24. The number of benzene rings is 2. The van der Waals surface area contributed by atoms with Gasteiger partial charge >= 0.3 is 0 Å². The van der Waals surface area contributed by atoms with E-state index in [2.05, 4.69) is 32.0 Å². The molecule has 1 amide bonds. The fourth-order valence-corrected chi connectivity index (χ4v) is 5.45. The SMILES string of the molecule is CC(C)c1ccc(C2C(=O)N(C)C(=N)C[C@]2(C)c2ncc(-c3cccc(C#N)c3)s2)cc1. The fraction of sp³-hybridized carbons (Fsp3) is 0.308. The van der Waals surface area contributed by atoms with Crippen molar-refractivity contribution in [3.05, 3.63) is 76.4 Å². The Bertz CT molecular complexity index is 1220. The first-order valence-corrected chi connectivity index (χ1v) is 11.5. The smallest absolute Gasteiger partial charge is 0.236 e. The molecule has 1 unspecified atom stereocenters. The summed E-state index contributed by atoms with van der Waals surface area (Å²) in [5, 5.41) is 18.5. The van der Waals surface area contributed by atoms with E-state index in [4.69, 9.17) is 10.4 Å². The predicted molar refractivity (Wildman–Crippen MR) is 128 cm³/mol. The van der Waals surface area contributed by atoms with Crippen molar-refractivity contribution >= 4 is 23.1 Å². The zero-order valence-corrected chi connectivity index (χ0v) is 19.5. The van der Waals surface area contributed by atoms with E-state index < -0.39 is 11.3 Å². The Morgan fingerprint density at radius 3 is 2.62 bits per heavy atom. The Morgan fingerprint density at radius 2 is 1.97 bits per heavy atom. The van der Waals surface area contributed by atoms with Crippen LogP contribution in [0.3, 0.4) is 0 Å². The summed E-state index contributed by atoms with van der Waals surface area (Å²) in [5.74, 6) is 0.214. The minimum absolute atomic E-state index is 0.0794. The van der Waals surface area contributed by atoms with Crippen LogP contribution >= 0.6 is 11.3 Å². The highest BCUT2D eigenvalue weighted by Crippen LogP contribution is 2.48. The summed E-state index contributed by atoms with van der Waals surface area (Å²) in [7, 11) is 1.68. The highest BCUT2D eigenvalue weighted by molar-refractivity contribution is 7.15. The first kappa shape index (κ1) is 21.9. The van der Waals surface area contributed by atoms with Crippen molar-refractivity contribution in [3.8, 4) is 16.5 Å². The van der Waals surface area contributed by atoms with Crippen molar-refractivity contribution in [2.45, 2.75) is 44.4 Å². The molecule has 1 N–H and O–H groups in total. The minimum atomic E-state index is -0.629. The van der Waals surface area contributed by atoms with Crippen molar-refractivity contribution in [1.29, 1.82) is 10.7 Å². The second-order valence-corrected chi connectivity index (χ2v) is 9.95. The Hall–Kier alpha value is -3.30. The van der Waals surface area contributed by atoms with Crippen LogP contribution in [0.2, 0.25) is 0 Å². The molecular weight excluding hydrogens is 416 g/mol. The van der Waals surface area contributed by atoms with E-state index in [0.29, 0.717) is 23.7 Å². The number of piperidine rings is 1. The minimum Gasteiger partial charge on any atom is -0.303 e. The second kappa shape index (κ2) is 8.33. The van der Waals surface area contributed by atoms with E-state index in [1.54, 1.807) is 13.1 Å². The Balaban J connectivity index is 1.79. The number of nitrogens with one attached hydrogen (secondary N) is 1. The maximum absolute atomic E-state index is 13.4. The van der Waals surface area contributed by atoms with E-state index in [-0.39, 0.29) is 5.91 Å². The van der Waals surface area contributed by atoms with Crippen LogP contribution < -0.4 is 0 Å². The van der Waals surface area contributed by atoms with Crippen LogP contribution in [0.4, 0.5) is 0 Å². The number of hydrogen-bond donors (Lipinski definition) is 1. The molecule has 6 heteroatoms. The first-order chi connectivity index (χ1) is 15.2. The van der Waals surface area contributed by atoms with Crippen molar-refractivity contribution in [1.82, 2.24) is 9.88 Å². The predicted octanol–water partition coefficient (Wildman–Crippen LogP) is 5.69. The molecule has 162 valence electrons. The monoisotopic (exact) mass is 442 g/mol. The third-order valence-corrected chi connectivity index (χ3v) is 7.69. The van der Waals surface area contributed by atoms with Gasteiger partial charge in [0.15, 0.2) is 0 Å². The average molecular weight is 443 g/mol. The van der Waals surface area contributed by atoms with Crippen molar-refractivity contribution in [2.24, 2.45) is 0 Å². The normalized spacial score (nSPS) is 21.1. The summed E-state index contributed by atoms with van der Waals surface area (Å²) in [4.78, 5) is 20.6. The molecule has 1 fully saturated rings. The van der Waals surface area contributed by atoms with E-state index in [1.807, 2.05) is 43.5 Å². The van der Waals surface area contributed by atoms with Gasteiger partial charge in [-0.1, -0.05) is 57.2 Å². The van der Waals surface area contributed by atoms with Crippen LogP contribution in [0.25, 0.3) is 10.4 Å². The molecule has 32 heavy (non-hydrogen) atoms. The Morgan fingerprint density at radius 1 is 1.25 bits per heavy atom. The van der Waals surface area contributed by atoms with E-state index >= 15 is 0 Å². The summed E-state index contributed by atoms with van der Waals surface area (Å²) in [5.41, 5.74) is 3.08. The lowest BCUT2D eigenvalue weighted by Gasteiger charge is -2.43. The molecule has 2 atom stereocenters. The highest BCUT2D eigenvalue weighted by atomic mass is 32.1. The molecule has 1 aliphatic rings. The topological polar surface area (TPSA) is 80.8 Å².